The zero-order chi connectivity index (χ0) is 28.4. The van der Waals surface area contributed by atoms with E-state index in [4.69, 9.17) is 9.47 Å². The van der Waals surface area contributed by atoms with Crippen LogP contribution in [0.25, 0.3) is 22.8 Å². The second-order valence-electron chi connectivity index (χ2n) is 9.99. The lowest BCUT2D eigenvalue weighted by molar-refractivity contribution is -0.222. The minimum Gasteiger partial charge on any atom is -0.505 e. The minimum atomic E-state index is -1.27. The molecule has 1 N–H and O–H groups in total. The number of esters is 2. The van der Waals surface area contributed by atoms with Crippen molar-refractivity contribution in [3.05, 3.63) is 95.1 Å². The molecule has 0 spiro atoms. The Morgan fingerprint density at radius 1 is 0.975 bits per heavy atom. The predicted octanol–water partition coefficient (Wildman–Crippen LogP) is 5.24. The average Bonchev–Trinajstić information content (AvgIpc) is 3.34. The lowest BCUT2D eigenvalue weighted by Gasteiger charge is -2.29. The number of hydrogen-bond acceptors (Lipinski definition) is 8. The highest BCUT2D eigenvalue weighted by molar-refractivity contribution is 6.15. The molecule has 0 unspecified atom stereocenters. The van der Waals surface area contributed by atoms with Crippen LogP contribution >= 0.6 is 0 Å². The second kappa shape index (κ2) is 10.7. The van der Waals surface area contributed by atoms with Crippen LogP contribution in [0, 0.1) is 6.92 Å². The highest BCUT2D eigenvalue weighted by Crippen LogP contribution is 2.30. The van der Waals surface area contributed by atoms with Crippen LogP contribution in [0.5, 0.6) is 5.75 Å². The number of ether oxygens (including phenoxy) is 2. The number of phenolic OH excluding ortho intramolecular Hbond substituents is 1. The van der Waals surface area contributed by atoms with Gasteiger partial charge in [0.15, 0.2) is 0 Å². The Kier molecular flexibility index (Phi) is 7.13. The van der Waals surface area contributed by atoms with Crippen molar-refractivity contribution in [1.29, 1.82) is 0 Å². The normalized spacial score (nSPS) is 14.8. The maximum absolute atomic E-state index is 12.1. The molecular weight excluding hydrogens is 508 g/mol. The van der Waals surface area contributed by atoms with Gasteiger partial charge in [0.05, 0.1) is 0 Å². The van der Waals surface area contributed by atoms with Gasteiger partial charge in [-0.1, -0.05) is 42.5 Å². The summed E-state index contributed by atoms with van der Waals surface area (Å²) in [5, 5.41) is 20.3. The molecule has 3 aromatic carbocycles. The van der Waals surface area contributed by atoms with Gasteiger partial charge < -0.3 is 19.5 Å². The fraction of sp³-hybridized carbons (Fsp3) is 0.226. The quantitative estimate of drug-likeness (QED) is 0.194. The maximum Gasteiger partial charge on any atom is 0.348 e. The van der Waals surface area contributed by atoms with E-state index in [1.807, 2.05) is 67.6 Å². The van der Waals surface area contributed by atoms with E-state index < -0.39 is 17.7 Å². The first-order valence-electron chi connectivity index (χ1n) is 13.0. The van der Waals surface area contributed by atoms with Crippen LogP contribution in [0.3, 0.4) is 0 Å². The van der Waals surface area contributed by atoms with Crippen LogP contribution in [0.4, 0.5) is 5.69 Å². The van der Waals surface area contributed by atoms with E-state index in [1.165, 1.54) is 24.7 Å². The first kappa shape index (κ1) is 26.7. The van der Waals surface area contributed by atoms with E-state index >= 15 is 0 Å². The molecule has 2 heterocycles. The molecule has 1 saturated heterocycles. The first-order valence-corrected chi connectivity index (χ1v) is 13.0. The van der Waals surface area contributed by atoms with Crippen LogP contribution in [0.1, 0.15) is 37.5 Å². The number of hydrogen-bond donors (Lipinski definition) is 1. The third kappa shape index (κ3) is 5.58. The summed E-state index contributed by atoms with van der Waals surface area (Å²) in [5.41, 5.74) is 5.51. The number of phenols is 1. The minimum absolute atomic E-state index is 0.139. The summed E-state index contributed by atoms with van der Waals surface area (Å²) in [4.78, 5) is 27.8. The van der Waals surface area contributed by atoms with Crippen molar-refractivity contribution in [1.82, 2.24) is 15.0 Å². The van der Waals surface area contributed by atoms with Crippen LogP contribution in [0.2, 0.25) is 0 Å². The largest absolute Gasteiger partial charge is 0.505 e. The second-order valence-corrected chi connectivity index (χ2v) is 9.99. The summed E-state index contributed by atoms with van der Waals surface area (Å²) >= 11 is 0. The molecule has 4 aromatic rings. The number of fused-ring (bicyclic) bond motifs is 1. The van der Waals surface area contributed by atoms with Crippen molar-refractivity contribution in [2.45, 2.75) is 40.0 Å². The molecule has 40 heavy (non-hydrogen) atoms. The van der Waals surface area contributed by atoms with Crippen LogP contribution in [0.15, 0.2) is 78.4 Å². The Morgan fingerprint density at radius 3 is 2.20 bits per heavy atom. The molecule has 1 aliphatic rings. The highest BCUT2D eigenvalue weighted by Gasteiger charge is 2.38. The summed E-state index contributed by atoms with van der Waals surface area (Å²) in [5.74, 6) is -2.55. The number of rotatable bonds is 7. The average molecular weight is 539 g/mol. The third-order valence-corrected chi connectivity index (χ3v) is 6.48. The van der Waals surface area contributed by atoms with Gasteiger partial charge >= 0.3 is 11.9 Å². The van der Waals surface area contributed by atoms with Gasteiger partial charge in [-0.2, -0.15) is 0 Å². The molecule has 204 valence electrons. The van der Waals surface area contributed by atoms with Crippen LogP contribution in [-0.4, -0.2) is 44.4 Å². The van der Waals surface area contributed by atoms with Gasteiger partial charge in [-0.15, -0.1) is 15.0 Å². The van der Waals surface area contributed by atoms with Crippen LogP contribution in [-0.2, 0) is 25.6 Å². The number of nitrogens with zero attached hydrogens (tertiary/aromatic N) is 4. The van der Waals surface area contributed by atoms with Gasteiger partial charge in [0.2, 0.25) is 0 Å². The molecule has 0 bridgehead atoms. The number of cyclic esters (lactones) is 2. The summed E-state index contributed by atoms with van der Waals surface area (Å²) in [6.45, 7) is 8.26. The SMILES string of the molecule is CCN(Cc1cc(C)cc(-n2nc3ccccc3n2)c1O)c1ccc(/C=C/C=C2C(=O)OC(C)(C)OC2=O)cc1. The Morgan fingerprint density at radius 2 is 1.60 bits per heavy atom. The summed E-state index contributed by atoms with van der Waals surface area (Å²) < 4.78 is 10.2. The Hall–Kier alpha value is -4.92. The van der Waals surface area contributed by atoms with E-state index in [1.54, 1.807) is 12.2 Å². The van der Waals surface area contributed by atoms with Crippen molar-refractivity contribution in [3.63, 3.8) is 0 Å². The molecule has 9 heteroatoms. The number of allylic oxidation sites excluding steroid dienone is 2. The Balaban J connectivity index is 1.33. The molecule has 0 amide bonds. The molecule has 0 radical (unpaired) electrons. The molecule has 5 rings (SSSR count). The van der Waals surface area contributed by atoms with Crippen molar-refractivity contribution in [2.75, 3.05) is 11.4 Å². The van der Waals surface area contributed by atoms with Gasteiger partial charge in [-0.25, -0.2) is 9.59 Å². The zero-order valence-corrected chi connectivity index (χ0v) is 22.8. The topological polar surface area (TPSA) is 107 Å². The van der Waals surface area contributed by atoms with Crippen molar-refractivity contribution in [3.8, 4) is 11.4 Å². The number of benzene rings is 3. The summed E-state index contributed by atoms with van der Waals surface area (Å²) in [6.07, 6.45) is 4.79. The van der Waals surface area contributed by atoms with E-state index in [-0.39, 0.29) is 11.3 Å². The van der Waals surface area contributed by atoms with Crippen LogP contribution < -0.4 is 4.90 Å². The number of aromatic nitrogens is 3. The van der Waals surface area contributed by atoms with E-state index in [0.717, 1.165) is 33.4 Å². The molecule has 0 saturated carbocycles. The zero-order valence-electron chi connectivity index (χ0n) is 22.8. The van der Waals surface area contributed by atoms with Crippen molar-refractivity contribution in [2.24, 2.45) is 0 Å². The van der Waals surface area contributed by atoms with Gasteiger partial charge in [0.25, 0.3) is 5.79 Å². The standard InChI is InChI=1S/C31H30N4O5/c1-5-34(19-22-17-20(2)18-27(28(22)36)35-32-25-11-6-7-12-26(25)33-35)23-15-13-21(14-16-23)9-8-10-24-29(37)39-31(3,4)40-30(24)38/h6-18,36H,5,19H2,1-4H3/b9-8+. The number of carbonyl (C=O) groups is 2. The predicted molar refractivity (Wildman–Crippen MR) is 152 cm³/mol. The first-order chi connectivity index (χ1) is 19.1. The Bertz CT molecular complexity index is 1600. The fourth-order valence-electron chi connectivity index (χ4n) is 4.51. The third-order valence-electron chi connectivity index (χ3n) is 6.48. The van der Waals surface area contributed by atoms with Gasteiger partial charge in [0, 0.05) is 38.2 Å². The number of aryl methyl sites for hydroxylation is 1. The van der Waals surface area contributed by atoms with E-state index in [2.05, 4.69) is 22.0 Å². The summed E-state index contributed by atoms with van der Waals surface area (Å²) in [6, 6.07) is 19.3. The Labute approximate surface area is 231 Å². The highest BCUT2D eigenvalue weighted by atomic mass is 16.7. The van der Waals surface area contributed by atoms with Crippen molar-refractivity contribution >= 4 is 34.7 Å². The lowest BCUT2D eigenvalue weighted by atomic mass is 10.1. The molecule has 1 aromatic heterocycles. The smallest absolute Gasteiger partial charge is 0.348 e. The summed E-state index contributed by atoms with van der Waals surface area (Å²) in [7, 11) is 0. The van der Waals surface area contributed by atoms with Crippen molar-refractivity contribution < 1.29 is 24.2 Å². The molecule has 1 aliphatic heterocycles. The molecular formula is C31H30N4O5. The molecule has 0 atom stereocenters. The number of anilines is 1. The number of aromatic hydroxyl groups is 1. The lowest BCUT2D eigenvalue weighted by Crippen LogP contribution is -2.41. The van der Waals surface area contributed by atoms with Gasteiger partial charge in [-0.3, -0.25) is 0 Å². The monoisotopic (exact) mass is 538 g/mol. The number of carbonyl (C=O) groups excluding carboxylic acids is 2. The molecule has 0 aliphatic carbocycles. The molecule has 1 fully saturated rings. The molecule has 9 nitrogen and oxygen atoms in total. The maximum atomic E-state index is 12.1. The van der Waals surface area contributed by atoms with Gasteiger partial charge in [0.1, 0.15) is 28.0 Å². The van der Waals surface area contributed by atoms with E-state index in [9.17, 15) is 14.7 Å². The fourth-order valence-corrected chi connectivity index (χ4v) is 4.51. The van der Waals surface area contributed by atoms with E-state index in [0.29, 0.717) is 18.8 Å². The van der Waals surface area contributed by atoms with Gasteiger partial charge in [-0.05, 0) is 61.4 Å².